The van der Waals surface area contributed by atoms with Crippen LogP contribution in [0.1, 0.15) is 25.0 Å². The van der Waals surface area contributed by atoms with E-state index in [9.17, 15) is 5.11 Å². The fraction of sp³-hybridized carbons (Fsp3) is 0.533. The van der Waals surface area contributed by atoms with Crippen molar-refractivity contribution in [2.45, 2.75) is 19.3 Å². The second-order valence-electron chi connectivity index (χ2n) is 5.70. The van der Waals surface area contributed by atoms with Gasteiger partial charge in [-0.1, -0.05) is 6.07 Å². The average molecular weight is 227 g/mol. The van der Waals surface area contributed by atoms with E-state index >= 15 is 0 Å². The molecule has 1 heterocycles. The van der Waals surface area contributed by atoms with E-state index in [1.807, 2.05) is 18.3 Å². The molecule has 4 atom stereocenters. The van der Waals surface area contributed by atoms with Gasteiger partial charge in [0.1, 0.15) is 0 Å². The molecule has 1 aromatic heterocycles. The minimum absolute atomic E-state index is 0.232. The molecule has 1 N–H and O–H groups in total. The molecule has 0 radical (unpaired) electrons. The zero-order chi connectivity index (χ0) is 11.4. The maximum absolute atomic E-state index is 9.61. The first-order chi connectivity index (χ1) is 8.40. The Balaban J connectivity index is 1.79. The van der Waals surface area contributed by atoms with Crippen molar-refractivity contribution < 1.29 is 5.11 Å². The van der Waals surface area contributed by atoms with Gasteiger partial charge in [0.15, 0.2) is 0 Å². The van der Waals surface area contributed by atoms with E-state index in [2.05, 4.69) is 11.1 Å². The molecule has 2 fully saturated rings. The van der Waals surface area contributed by atoms with E-state index in [1.165, 1.54) is 30.4 Å². The fourth-order valence-electron chi connectivity index (χ4n) is 4.55. The largest absolute Gasteiger partial charge is 0.392 e. The summed E-state index contributed by atoms with van der Waals surface area (Å²) in [6.07, 6.45) is 6.01. The van der Waals surface area contributed by atoms with Crippen LogP contribution in [0.2, 0.25) is 0 Å². The minimum atomic E-state index is 0.232. The SMILES string of the molecule is OCC1=C(c2ccccn2)C2C3CCC(C3)C12. The third-order valence-corrected chi connectivity index (χ3v) is 5.11. The van der Waals surface area contributed by atoms with Crippen molar-refractivity contribution >= 4 is 5.57 Å². The molecule has 2 heteroatoms. The van der Waals surface area contributed by atoms with Gasteiger partial charge in [0.25, 0.3) is 0 Å². The van der Waals surface area contributed by atoms with Gasteiger partial charge in [-0.25, -0.2) is 0 Å². The normalized spacial score (nSPS) is 38.2. The summed E-state index contributed by atoms with van der Waals surface area (Å²) in [5.74, 6) is 3.14. The van der Waals surface area contributed by atoms with Crippen LogP contribution in [-0.2, 0) is 0 Å². The van der Waals surface area contributed by atoms with Gasteiger partial charge < -0.3 is 5.11 Å². The van der Waals surface area contributed by atoms with Crippen LogP contribution in [0.5, 0.6) is 0 Å². The Bertz CT molecular complexity index is 479. The van der Waals surface area contributed by atoms with E-state index in [-0.39, 0.29) is 6.61 Å². The standard InChI is InChI=1S/C15H17NO/c17-8-11-13-9-4-5-10(7-9)14(13)15(11)12-3-1-2-6-16-12/h1-3,6,9-10,13-14,17H,4-5,7-8H2. The molecule has 1 aromatic rings. The van der Waals surface area contributed by atoms with E-state index < -0.39 is 0 Å². The van der Waals surface area contributed by atoms with Crippen LogP contribution in [0.3, 0.4) is 0 Å². The van der Waals surface area contributed by atoms with Crippen molar-refractivity contribution in [3.63, 3.8) is 0 Å². The van der Waals surface area contributed by atoms with Crippen molar-refractivity contribution in [3.8, 4) is 0 Å². The molecular formula is C15H17NO. The zero-order valence-corrected chi connectivity index (χ0v) is 9.84. The van der Waals surface area contributed by atoms with Crippen LogP contribution < -0.4 is 0 Å². The number of hydrogen-bond donors (Lipinski definition) is 1. The first-order valence-corrected chi connectivity index (χ1v) is 6.65. The van der Waals surface area contributed by atoms with Crippen LogP contribution in [-0.4, -0.2) is 16.7 Å². The highest BCUT2D eigenvalue weighted by atomic mass is 16.3. The summed E-state index contributed by atoms with van der Waals surface area (Å²) in [5, 5.41) is 9.61. The molecule has 2 bridgehead atoms. The first-order valence-electron chi connectivity index (χ1n) is 6.65. The molecule has 88 valence electrons. The van der Waals surface area contributed by atoms with Crippen molar-refractivity contribution in [2.24, 2.45) is 23.7 Å². The average Bonchev–Trinajstić information content (AvgIpc) is 2.89. The lowest BCUT2D eigenvalue weighted by Crippen LogP contribution is -2.36. The lowest BCUT2D eigenvalue weighted by molar-refractivity contribution is 0.229. The summed E-state index contributed by atoms with van der Waals surface area (Å²) in [4.78, 5) is 4.47. The van der Waals surface area contributed by atoms with E-state index in [1.54, 1.807) is 0 Å². The number of pyridine rings is 1. The van der Waals surface area contributed by atoms with E-state index in [4.69, 9.17) is 0 Å². The molecule has 0 spiro atoms. The number of aromatic nitrogens is 1. The molecule has 0 saturated heterocycles. The third-order valence-electron chi connectivity index (χ3n) is 5.11. The quantitative estimate of drug-likeness (QED) is 0.842. The zero-order valence-electron chi connectivity index (χ0n) is 9.84. The Morgan fingerprint density at radius 2 is 2.00 bits per heavy atom. The molecule has 0 amide bonds. The van der Waals surface area contributed by atoms with Crippen LogP contribution in [0.25, 0.3) is 5.57 Å². The summed E-state index contributed by atoms with van der Waals surface area (Å²) in [6.45, 7) is 0.232. The maximum Gasteiger partial charge on any atom is 0.0665 e. The fourth-order valence-corrected chi connectivity index (χ4v) is 4.55. The molecule has 0 aromatic carbocycles. The van der Waals surface area contributed by atoms with Gasteiger partial charge in [-0.3, -0.25) is 4.98 Å². The summed E-state index contributed by atoms with van der Waals surface area (Å²) >= 11 is 0. The number of fused-ring (bicyclic) bond motifs is 5. The van der Waals surface area contributed by atoms with Gasteiger partial charge in [0.2, 0.25) is 0 Å². The highest BCUT2D eigenvalue weighted by Crippen LogP contribution is 2.65. The molecule has 4 rings (SSSR count). The number of nitrogens with zero attached hydrogens (tertiary/aromatic N) is 1. The number of hydrogen-bond acceptors (Lipinski definition) is 2. The highest BCUT2D eigenvalue weighted by molar-refractivity contribution is 5.76. The van der Waals surface area contributed by atoms with Gasteiger partial charge in [-0.2, -0.15) is 0 Å². The molecule has 4 unspecified atom stereocenters. The van der Waals surface area contributed by atoms with Gasteiger partial charge in [-0.05, 0) is 66.2 Å². The van der Waals surface area contributed by atoms with Crippen LogP contribution in [0.15, 0.2) is 30.0 Å². The van der Waals surface area contributed by atoms with Crippen molar-refractivity contribution in [3.05, 3.63) is 35.7 Å². The number of allylic oxidation sites excluding steroid dienone is 1. The van der Waals surface area contributed by atoms with Gasteiger partial charge in [0, 0.05) is 6.20 Å². The molecule has 17 heavy (non-hydrogen) atoms. The van der Waals surface area contributed by atoms with Crippen molar-refractivity contribution in [1.82, 2.24) is 4.98 Å². The molecule has 2 saturated carbocycles. The summed E-state index contributed by atoms with van der Waals surface area (Å²) in [6, 6.07) is 6.09. The third kappa shape index (κ3) is 1.17. The smallest absolute Gasteiger partial charge is 0.0665 e. The first kappa shape index (κ1) is 9.84. The molecule has 3 aliphatic carbocycles. The lowest BCUT2D eigenvalue weighted by Gasteiger charge is -2.44. The summed E-state index contributed by atoms with van der Waals surface area (Å²) in [5.41, 5.74) is 3.77. The molecule has 3 aliphatic rings. The number of aliphatic hydroxyl groups is 1. The summed E-state index contributed by atoms with van der Waals surface area (Å²) in [7, 11) is 0. The van der Waals surface area contributed by atoms with Crippen LogP contribution in [0, 0.1) is 23.7 Å². The summed E-state index contributed by atoms with van der Waals surface area (Å²) < 4.78 is 0. The molecular weight excluding hydrogens is 210 g/mol. The predicted octanol–water partition coefficient (Wildman–Crippen LogP) is 2.50. The second-order valence-corrected chi connectivity index (χ2v) is 5.70. The maximum atomic E-state index is 9.61. The van der Waals surface area contributed by atoms with Crippen molar-refractivity contribution in [2.75, 3.05) is 6.61 Å². The Morgan fingerprint density at radius 1 is 1.18 bits per heavy atom. The Hall–Kier alpha value is -1.15. The van der Waals surface area contributed by atoms with Crippen LogP contribution >= 0.6 is 0 Å². The Morgan fingerprint density at radius 3 is 2.71 bits per heavy atom. The van der Waals surface area contributed by atoms with Crippen molar-refractivity contribution in [1.29, 1.82) is 0 Å². The van der Waals surface area contributed by atoms with Gasteiger partial charge in [0.05, 0.1) is 12.3 Å². The minimum Gasteiger partial charge on any atom is -0.392 e. The van der Waals surface area contributed by atoms with E-state index in [0.717, 1.165) is 17.5 Å². The van der Waals surface area contributed by atoms with Gasteiger partial charge >= 0.3 is 0 Å². The molecule has 2 nitrogen and oxygen atoms in total. The monoisotopic (exact) mass is 227 g/mol. The lowest BCUT2D eigenvalue weighted by atomic mass is 9.60. The topological polar surface area (TPSA) is 33.1 Å². The highest BCUT2D eigenvalue weighted by Gasteiger charge is 2.56. The number of rotatable bonds is 2. The Kier molecular flexibility index (Phi) is 1.98. The predicted molar refractivity (Wildman–Crippen MR) is 66.1 cm³/mol. The number of aliphatic hydroxyl groups excluding tert-OH is 1. The molecule has 0 aliphatic heterocycles. The second kappa shape index (κ2) is 3.42. The van der Waals surface area contributed by atoms with Gasteiger partial charge in [-0.15, -0.1) is 0 Å². The van der Waals surface area contributed by atoms with Crippen LogP contribution in [0.4, 0.5) is 0 Å². The Labute approximate surface area is 101 Å². The van der Waals surface area contributed by atoms with E-state index in [0.29, 0.717) is 11.8 Å².